The van der Waals surface area contributed by atoms with Crippen LogP contribution >= 0.6 is 0 Å². The van der Waals surface area contributed by atoms with Crippen LogP contribution in [0, 0.1) is 27.7 Å². The van der Waals surface area contributed by atoms with E-state index in [-0.39, 0.29) is 0 Å². The zero-order valence-corrected chi connectivity index (χ0v) is 17.1. The molecule has 0 bridgehead atoms. The quantitative estimate of drug-likeness (QED) is 0.244. The smallest absolute Gasteiger partial charge is 0.0152 e. The number of benzene rings is 5. The first kappa shape index (κ1) is 18.3. The number of aryl methyl sites for hydroxylation is 4. The van der Waals surface area contributed by atoms with E-state index in [0.29, 0.717) is 0 Å². The molecule has 0 unspecified atom stereocenters. The molecule has 0 N–H and O–H groups in total. The lowest BCUT2D eigenvalue weighted by molar-refractivity contribution is 1.37. The SMILES string of the molecule is Cc1cc2cc3ccccc3cc2cc1C.Cc1ccc2ccccc2c1C. The fourth-order valence-electron chi connectivity index (χ4n) is 3.76. The van der Waals surface area contributed by atoms with E-state index >= 15 is 0 Å². The minimum Gasteiger partial charge on any atom is -0.0616 e. The van der Waals surface area contributed by atoms with Crippen molar-refractivity contribution in [2.45, 2.75) is 27.7 Å². The van der Waals surface area contributed by atoms with E-state index in [2.05, 4.69) is 113 Å². The highest BCUT2D eigenvalue weighted by atomic mass is 14.0. The Morgan fingerprint density at radius 1 is 0.393 bits per heavy atom. The van der Waals surface area contributed by atoms with Crippen molar-refractivity contribution >= 4 is 32.3 Å². The molecule has 0 radical (unpaired) electrons. The summed E-state index contributed by atoms with van der Waals surface area (Å²) in [6.45, 7) is 8.67. The van der Waals surface area contributed by atoms with Crippen LogP contribution < -0.4 is 0 Å². The second-order valence-electron chi connectivity index (χ2n) is 7.71. The molecule has 0 aliphatic heterocycles. The lowest BCUT2D eigenvalue weighted by atomic mass is 9.99. The van der Waals surface area contributed by atoms with Crippen LogP contribution in [0.4, 0.5) is 0 Å². The molecule has 0 saturated heterocycles. The average Bonchev–Trinajstić information content (AvgIpc) is 2.71. The Morgan fingerprint density at radius 3 is 1.46 bits per heavy atom. The average molecular weight is 363 g/mol. The van der Waals surface area contributed by atoms with Crippen molar-refractivity contribution < 1.29 is 0 Å². The normalized spacial score (nSPS) is 10.9. The van der Waals surface area contributed by atoms with Crippen molar-refractivity contribution in [1.29, 1.82) is 0 Å². The number of hydrogen-bond acceptors (Lipinski definition) is 0. The molecule has 0 aliphatic carbocycles. The fourth-order valence-corrected chi connectivity index (χ4v) is 3.76. The van der Waals surface area contributed by atoms with Gasteiger partial charge in [-0.15, -0.1) is 0 Å². The minimum absolute atomic E-state index is 1.32. The maximum Gasteiger partial charge on any atom is -0.0152 e. The maximum absolute atomic E-state index is 2.27. The highest BCUT2D eigenvalue weighted by Gasteiger charge is 2.00. The largest absolute Gasteiger partial charge is 0.0616 e. The van der Waals surface area contributed by atoms with E-state index in [9.17, 15) is 0 Å². The summed E-state index contributed by atoms with van der Waals surface area (Å²) in [6.07, 6.45) is 0. The molecule has 0 amide bonds. The molecule has 138 valence electrons. The Morgan fingerprint density at radius 2 is 0.893 bits per heavy atom. The molecule has 0 spiro atoms. The molecule has 0 atom stereocenters. The molecule has 28 heavy (non-hydrogen) atoms. The van der Waals surface area contributed by atoms with Crippen LogP contribution in [-0.2, 0) is 0 Å². The Kier molecular flexibility index (Phi) is 4.88. The van der Waals surface area contributed by atoms with Crippen LogP contribution in [0.25, 0.3) is 32.3 Å². The Bertz CT molecular complexity index is 1230. The third-order valence-corrected chi connectivity index (χ3v) is 5.79. The summed E-state index contributed by atoms with van der Waals surface area (Å²) in [6, 6.07) is 30.5. The molecular weight excluding hydrogens is 336 g/mol. The molecule has 0 aromatic heterocycles. The molecule has 0 heterocycles. The zero-order valence-electron chi connectivity index (χ0n) is 17.1. The predicted molar refractivity (Wildman–Crippen MR) is 124 cm³/mol. The van der Waals surface area contributed by atoms with Gasteiger partial charge in [-0.2, -0.15) is 0 Å². The van der Waals surface area contributed by atoms with E-state index in [1.54, 1.807) is 0 Å². The van der Waals surface area contributed by atoms with Crippen molar-refractivity contribution in [3.63, 3.8) is 0 Å². The molecule has 0 aliphatic rings. The first-order valence-electron chi connectivity index (χ1n) is 9.87. The third kappa shape index (κ3) is 3.51. The molecule has 5 aromatic rings. The van der Waals surface area contributed by atoms with Gasteiger partial charge in [-0.3, -0.25) is 0 Å². The summed E-state index contributed by atoms with van der Waals surface area (Å²) in [4.78, 5) is 0. The summed E-state index contributed by atoms with van der Waals surface area (Å²) in [7, 11) is 0. The van der Waals surface area contributed by atoms with Gasteiger partial charge in [0.2, 0.25) is 0 Å². The van der Waals surface area contributed by atoms with Crippen LogP contribution in [0.5, 0.6) is 0 Å². The Labute approximate surface area is 167 Å². The molecular formula is C28H26. The lowest BCUT2D eigenvalue weighted by Crippen LogP contribution is -1.82. The van der Waals surface area contributed by atoms with Gasteiger partial charge in [-0.05, 0) is 94.4 Å². The number of hydrogen-bond donors (Lipinski definition) is 0. The van der Waals surface area contributed by atoms with Crippen LogP contribution in [0.2, 0.25) is 0 Å². The minimum atomic E-state index is 1.32. The first-order valence-corrected chi connectivity index (χ1v) is 9.87. The van der Waals surface area contributed by atoms with Crippen LogP contribution in [-0.4, -0.2) is 0 Å². The summed E-state index contributed by atoms with van der Waals surface area (Å²) in [5, 5.41) is 8.01. The van der Waals surface area contributed by atoms with Gasteiger partial charge in [0.15, 0.2) is 0 Å². The lowest BCUT2D eigenvalue weighted by Gasteiger charge is -2.06. The van der Waals surface area contributed by atoms with Crippen LogP contribution in [0.3, 0.4) is 0 Å². The topological polar surface area (TPSA) is 0 Å². The monoisotopic (exact) mass is 362 g/mol. The van der Waals surface area contributed by atoms with E-state index < -0.39 is 0 Å². The number of fused-ring (bicyclic) bond motifs is 3. The predicted octanol–water partition coefficient (Wildman–Crippen LogP) is 8.07. The van der Waals surface area contributed by atoms with E-state index in [1.165, 1.54) is 54.6 Å². The van der Waals surface area contributed by atoms with Crippen molar-refractivity contribution in [2.75, 3.05) is 0 Å². The van der Waals surface area contributed by atoms with Crippen LogP contribution in [0.15, 0.2) is 84.9 Å². The van der Waals surface area contributed by atoms with Crippen molar-refractivity contribution in [1.82, 2.24) is 0 Å². The fraction of sp³-hybridized carbons (Fsp3) is 0.143. The summed E-state index contributed by atoms with van der Waals surface area (Å²) in [5.74, 6) is 0. The Balaban J connectivity index is 0.000000143. The highest BCUT2D eigenvalue weighted by Crippen LogP contribution is 2.25. The van der Waals surface area contributed by atoms with Gasteiger partial charge >= 0.3 is 0 Å². The summed E-state index contributed by atoms with van der Waals surface area (Å²) < 4.78 is 0. The maximum atomic E-state index is 2.27. The third-order valence-electron chi connectivity index (χ3n) is 5.79. The highest BCUT2D eigenvalue weighted by molar-refractivity contribution is 5.98. The Hall–Kier alpha value is -3.12. The van der Waals surface area contributed by atoms with Crippen molar-refractivity contribution in [3.8, 4) is 0 Å². The van der Waals surface area contributed by atoms with Gasteiger partial charge in [0.25, 0.3) is 0 Å². The van der Waals surface area contributed by atoms with Gasteiger partial charge in [-0.25, -0.2) is 0 Å². The van der Waals surface area contributed by atoms with Crippen LogP contribution in [0.1, 0.15) is 22.3 Å². The van der Waals surface area contributed by atoms with Gasteiger partial charge in [0.05, 0.1) is 0 Å². The van der Waals surface area contributed by atoms with E-state index in [4.69, 9.17) is 0 Å². The number of rotatable bonds is 0. The van der Waals surface area contributed by atoms with Gasteiger partial charge in [0, 0.05) is 0 Å². The van der Waals surface area contributed by atoms with Gasteiger partial charge < -0.3 is 0 Å². The molecule has 5 rings (SSSR count). The summed E-state index contributed by atoms with van der Waals surface area (Å²) >= 11 is 0. The van der Waals surface area contributed by atoms with Gasteiger partial charge in [-0.1, -0.05) is 72.8 Å². The molecule has 5 aromatic carbocycles. The van der Waals surface area contributed by atoms with Crippen molar-refractivity contribution in [2.24, 2.45) is 0 Å². The zero-order chi connectivity index (χ0) is 19.7. The van der Waals surface area contributed by atoms with Crippen molar-refractivity contribution in [3.05, 3.63) is 107 Å². The first-order chi connectivity index (χ1) is 13.5. The second kappa shape index (κ2) is 7.48. The summed E-state index contributed by atoms with van der Waals surface area (Å²) in [5.41, 5.74) is 5.49. The standard InChI is InChI=1S/C16H14.C12H12/c1-11-7-15-9-13-5-3-4-6-14(13)10-16(15)8-12(11)2;1-9-7-8-11-5-3-4-6-12(11)10(9)2/h3-10H,1-2H3;3-8H,1-2H3. The van der Waals surface area contributed by atoms with E-state index in [1.807, 2.05) is 0 Å². The molecule has 0 nitrogen and oxygen atoms in total. The van der Waals surface area contributed by atoms with Gasteiger partial charge in [0.1, 0.15) is 0 Å². The molecule has 0 fully saturated rings. The molecule has 0 saturated carbocycles. The van der Waals surface area contributed by atoms with E-state index in [0.717, 1.165) is 0 Å². The molecule has 0 heteroatoms. The second-order valence-corrected chi connectivity index (χ2v) is 7.71.